The van der Waals surface area contributed by atoms with Gasteiger partial charge in [-0.15, -0.1) is 0 Å². The molecule has 4 aromatic rings. The normalized spacial score (nSPS) is 13.9. The molecule has 42 heavy (non-hydrogen) atoms. The first-order valence-electron chi connectivity index (χ1n) is 12.9. The molecule has 220 valence electrons. The van der Waals surface area contributed by atoms with Crippen LogP contribution in [0.4, 0.5) is 0 Å². The van der Waals surface area contributed by atoms with E-state index in [1.54, 1.807) is 18.2 Å². The van der Waals surface area contributed by atoms with Crippen LogP contribution in [0.3, 0.4) is 0 Å². The van der Waals surface area contributed by atoms with Gasteiger partial charge in [0.1, 0.15) is 5.25 Å². The Bertz CT molecular complexity index is 1760. The Balaban J connectivity index is 2.07. The number of amides is 1. The number of carbonyl (C=O) groups excluding carboxylic acids is 1. The van der Waals surface area contributed by atoms with Crippen molar-refractivity contribution in [3.8, 4) is 22.6 Å². The van der Waals surface area contributed by atoms with E-state index in [1.165, 1.54) is 81.2 Å². The van der Waals surface area contributed by atoms with Crippen LogP contribution in [0, 0.1) is 0 Å². The van der Waals surface area contributed by atoms with E-state index in [9.17, 15) is 26.8 Å². The summed E-state index contributed by atoms with van der Waals surface area (Å²) in [6.07, 6.45) is -0.492. The Morgan fingerprint density at radius 3 is 1.83 bits per heavy atom. The summed E-state index contributed by atoms with van der Waals surface area (Å²) in [4.78, 5) is 13.1. The summed E-state index contributed by atoms with van der Waals surface area (Å²) in [5.74, 6) is -1.03. The van der Waals surface area contributed by atoms with Gasteiger partial charge < -0.3 is 9.47 Å². The fraction of sp³-hybridized carbons (Fsp3) is 0.194. The van der Waals surface area contributed by atoms with Crippen molar-refractivity contribution in [2.24, 2.45) is 0 Å². The van der Waals surface area contributed by atoms with Crippen molar-refractivity contribution in [1.82, 2.24) is 5.48 Å². The fourth-order valence-corrected chi connectivity index (χ4v) is 10.0. The maximum absolute atomic E-state index is 14.6. The summed E-state index contributed by atoms with van der Waals surface area (Å²) in [7, 11) is -6.72. The maximum atomic E-state index is 14.6. The van der Waals surface area contributed by atoms with E-state index in [1.807, 2.05) is 30.3 Å². The van der Waals surface area contributed by atoms with Crippen LogP contribution in [0.5, 0.6) is 11.5 Å². The lowest BCUT2D eigenvalue weighted by atomic mass is 9.93. The highest BCUT2D eigenvalue weighted by molar-refractivity contribution is 7.97. The molecule has 0 aromatic heterocycles. The molecule has 2 unspecified atom stereocenters. The van der Waals surface area contributed by atoms with Crippen LogP contribution in [0.15, 0.2) is 113 Å². The highest BCUT2D eigenvalue weighted by atomic mass is 32.2. The van der Waals surface area contributed by atoms with E-state index in [2.05, 4.69) is 0 Å². The van der Waals surface area contributed by atoms with Crippen LogP contribution in [0.25, 0.3) is 11.1 Å². The lowest BCUT2D eigenvalue weighted by molar-refractivity contribution is -0.132. The van der Waals surface area contributed by atoms with Crippen LogP contribution in [0.1, 0.15) is 24.2 Å². The van der Waals surface area contributed by atoms with Crippen molar-refractivity contribution in [3.05, 3.63) is 109 Å². The third-order valence-electron chi connectivity index (χ3n) is 7.28. The average molecular weight is 610 g/mol. The van der Waals surface area contributed by atoms with Gasteiger partial charge in [-0.2, -0.15) is 0 Å². The molecule has 0 bridgehead atoms. The first kappa shape index (κ1) is 30.8. The molecule has 0 spiro atoms. The predicted molar refractivity (Wildman–Crippen MR) is 158 cm³/mol. The molecule has 0 saturated heterocycles. The highest BCUT2D eigenvalue weighted by Crippen LogP contribution is 2.48. The molecule has 0 radical (unpaired) electrons. The van der Waals surface area contributed by atoms with Crippen molar-refractivity contribution in [2.45, 2.75) is 33.1 Å². The second kappa shape index (κ2) is 12.4. The molecule has 4 aromatic carbocycles. The fourth-order valence-electron chi connectivity index (χ4n) is 5.13. The van der Waals surface area contributed by atoms with E-state index in [0.717, 1.165) is 11.1 Å². The lowest BCUT2D eigenvalue weighted by Gasteiger charge is -2.37. The average Bonchev–Trinajstić information content (AvgIpc) is 3.03. The largest absolute Gasteiger partial charge is 0.493 e. The Morgan fingerprint density at radius 1 is 0.762 bits per heavy atom. The molecule has 2 atom stereocenters. The predicted octanol–water partition coefficient (Wildman–Crippen LogP) is 5.01. The van der Waals surface area contributed by atoms with Gasteiger partial charge in [0.25, 0.3) is 5.91 Å². The van der Waals surface area contributed by atoms with E-state index < -0.39 is 42.0 Å². The third-order valence-corrected chi connectivity index (χ3v) is 12.2. The van der Waals surface area contributed by atoms with E-state index in [4.69, 9.17) is 9.47 Å². The molecule has 0 aliphatic rings. The minimum Gasteiger partial charge on any atom is -0.493 e. The number of methoxy groups -OCH3 is 2. The molecule has 1 amide bonds. The van der Waals surface area contributed by atoms with Crippen molar-refractivity contribution in [1.29, 1.82) is 0 Å². The Kier molecular flexibility index (Phi) is 9.05. The molecule has 4 rings (SSSR count). The number of hydrogen-bond acceptors (Lipinski definition) is 8. The first-order chi connectivity index (χ1) is 20.1. The minimum atomic E-state index is -4.76. The zero-order valence-corrected chi connectivity index (χ0v) is 24.9. The minimum absolute atomic E-state index is 0.0365. The first-order valence-corrected chi connectivity index (χ1v) is 16.0. The summed E-state index contributed by atoms with van der Waals surface area (Å²) in [5.41, 5.74) is 3.10. The second-order valence-corrected chi connectivity index (χ2v) is 13.7. The van der Waals surface area contributed by atoms with Gasteiger partial charge in [-0.1, -0.05) is 79.7 Å². The smallest absolute Gasteiger partial charge is 0.266 e. The van der Waals surface area contributed by atoms with Gasteiger partial charge in [-0.05, 0) is 47.4 Å². The molecule has 0 heterocycles. The number of hydroxylamine groups is 1. The van der Waals surface area contributed by atoms with Crippen molar-refractivity contribution >= 4 is 25.6 Å². The van der Waals surface area contributed by atoms with E-state index >= 15 is 0 Å². The SMILES string of the molecule is CCC(C(=O)NO)(C(c1ccc(-c2ccccc2)cc1)S(=O)(=O)c1ccc(OC)c(OC)c1)S(=O)(=O)c1ccccc1. The molecule has 0 aliphatic carbocycles. The van der Waals surface area contributed by atoms with Crippen LogP contribution in [-0.4, -0.2) is 46.9 Å². The lowest BCUT2D eigenvalue weighted by Crippen LogP contribution is -2.57. The standard InChI is InChI=1S/C31H31NO8S2/c1-4-31(30(33)32-34,42(37,38)25-13-9-6-10-14-25)29(24-17-15-23(16-18-24)22-11-7-5-8-12-22)41(35,36)26-19-20-27(39-2)28(21-26)40-3/h5-21,29,34H,4H2,1-3H3,(H,32,33). The molecule has 0 aliphatic heterocycles. The number of benzene rings is 4. The summed E-state index contributed by atoms with van der Waals surface area (Å²) in [6, 6.07) is 26.6. The van der Waals surface area contributed by atoms with Crippen molar-refractivity contribution < 1.29 is 36.3 Å². The van der Waals surface area contributed by atoms with Crippen molar-refractivity contribution in [2.75, 3.05) is 14.2 Å². The third kappa shape index (κ3) is 5.26. The van der Waals surface area contributed by atoms with Crippen LogP contribution < -0.4 is 15.0 Å². The van der Waals surface area contributed by atoms with Crippen LogP contribution in [-0.2, 0) is 24.5 Å². The molecular formula is C31H31NO8S2. The molecule has 0 fully saturated rings. The van der Waals surface area contributed by atoms with Gasteiger partial charge in [0.15, 0.2) is 35.9 Å². The number of rotatable bonds is 11. The molecular weight excluding hydrogens is 578 g/mol. The van der Waals surface area contributed by atoms with Crippen LogP contribution >= 0.6 is 0 Å². The zero-order valence-electron chi connectivity index (χ0n) is 23.2. The topological polar surface area (TPSA) is 136 Å². The Morgan fingerprint density at radius 2 is 1.31 bits per heavy atom. The van der Waals surface area contributed by atoms with Gasteiger partial charge in [0.05, 0.1) is 24.0 Å². The number of hydrogen-bond donors (Lipinski definition) is 2. The van der Waals surface area contributed by atoms with Gasteiger partial charge >= 0.3 is 0 Å². The van der Waals surface area contributed by atoms with Gasteiger partial charge in [0, 0.05) is 6.07 Å². The quantitative estimate of drug-likeness (QED) is 0.179. The summed E-state index contributed by atoms with van der Waals surface area (Å²) >= 11 is 0. The van der Waals surface area contributed by atoms with Crippen molar-refractivity contribution in [3.63, 3.8) is 0 Å². The van der Waals surface area contributed by atoms with Crippen LogP contribution in [0.2, 0.25) is 0 Å². The Hall–Kier alpha value is -4.19. The molecule has 2 N–H and O–H groups in total. The monoisotopic (exact) mass is 609 g/mol. The maximum Gasteiger partial charge on any atom is 0.266 e. The van der Waals surface area contributed by atoms with Gasteiger partial charge in [-0.3, -0.25) is 10.0 Å². The van der Waals surface area contributed by atoms with Gasteiger partial charge in [-0.25, -0.2) is 22.3 Å². The molecule has 11 heteroatoms. The summed E-state index contributed by atoms with van der Waals surface area (Å²) in [6.45, 7) is 1.39. The van der Waals surface area contributed by atoms with E-state index in [0.29, 0.717) is 0 Å². The summed E-state index contributed by atoms with van der Waals surface area (Å²) in [5, 5.41) is 7.90. The second-order valence-electron chi connectivity index (χ2n) is 9.43. The molecule has 0 saturated carbocycles. The highest BCUT2D eigenvalue weighted by Gasteiger charge is 2.61. The summed E-state index contributed by atoms with van der Waals surface area (Å²) < 4.78 is 66.0. The Labute approximate surface area is 245 Å². The number of sulfone groups is 2. The zero-order chi connectivity index (χ0) is 30.5. The molecule has 9 nitrogen and oxygen atoms in total. The van der Waals surface area contributed by atoms with E-state index in [-0.39, 0.29) is 26.9 Å². The number of ether oxygens (including phenoxy) is 2. The number of carbonyl (C=O) groups is 1. The van der Waals surface area contributed by atoms with Gasteiger partial charge in [0.2, 0.25) is 0 Å². The number of nitrogens with one attached hydrogen (secondary N) is 1.